The topological polar surface area (TPSA) is 63.5 Å². The van der Waals surface area contributed by atoms with Gasteiger partial charge in [-0.3, -0.25) is 4.99 Å². The van der Waals surface area contributed by atoms with Gasteiger partial charge in [0.05, 0.1) is 5.69 Å². The van der Waals surface area contributed by atoms with Gasteiger partial charge in [0.1, 0.15) is 0 Å². The molecule has 7 heteroatoms. The predicted molar refractivity (Wildman–Crippen MR) is 145 cm³/mol. The zero-order valence-electron chi connectivity index (χ0n) is 19.5. The van der Waals surface area contributed by atoms with Gasteiger partial charge in [-0.25, -0.2) is 4.68 Å². The predicted octanol–water partition coefficient (Wildman–Crippen LogP) is 4.25. The summed E-state index contributed by atoms with van der Waals surface area (Å²) in [6.07, 6.45) is 6.71. The molecule has 0 aliphatic carbocycles. The molecule has 1 aliphatic rings. The van der Waals surface area contributed by atoms with Crippen LogP contribution in [0.4, 0.5) is 0 Å². The Hall–Kier alpha value is -2.39. The van der Waals surface area contributed by atoms with Crippen molar-refractivity contribution in [2.24, 2.45) is 4.99 Å². The molecular weight excluding hydrogens is 525 g/mol. The fourth-order valence-electron chi connectivity index (χ4n) is 4.51. The number of aromatic nitrogens is 2. The Bertz CT molecular complexity index is 1010. The highest BCUT2D eigenvalue weighted by Gasteiger charge is 2.35. The van der Waals surface area contributed by atoms with Crippen molar-refractivity contribution in [3.05, 3.63) is 83.7 Å². The van der Waals surface area contributed by atoms with Gasteiger partial charge in [0.15, 0.2) is 5.96 Å². The fraction of sp³-hybridized carbons (Fsp3) is 0.385. The van der Waals surface area contributed by atoms with Crippen LogP contribution in [-0.2, 0) is 16.6 Å². The minimum absolute atomic E-state index is 0. The molecule has 0 saturated carbocycles. The summed E-state index contributed by atoms with van der Waals surface area (Å²) < 4.78 is 7.56. The normalized spacial score (nSPS) is 15.5. The van der Waals surface area contributed by atoms with Crippen LogP contribution in [0.2, 0.25) is 0 Å². The molecule has 0 atom stereocenters. The van der Waals surface area contributed by atoms with E-state index in [1.54, 1.807) is 6.20 Å². The Morgan fingerprint density at radius 3 is 2.48 bits per heavy atom. The maximum atomic E-state index is 5.69. The molecule has 0 radical (unpaired) electrons. The van der Waals surface area contributed by atoms with E-state index >= 15 is 0 Å². The van der Waals surface area contributed by atoms with Gasteiger partial charge in [0.25, 0.3) is 0 Å². The van der Waals surface area contributed by atoms with Gasteiger partial charge in [-0.1, -0.05) is 36.4 Å². The summed E-state index contributed by atoms with van der Waals surface area (Å²) in [7, 11) is 1.83. The number of ether oxygens (including phenoxy) is 1. The Kier molecular flexibility index (Phi) is 9.31. The molecule has 2 aromatic carbocycles. The number of hydrogen-bond acceptors (Lipinski definition) is 3. The average molecular weight is 559 g/mol. The maximum Gasteiger partial charge on any atom is 0.191 e. The second kappa shape index (κ2) is 12.2. The molecule has 1 aromatic heterocycles. The van der Waals surface area contributed by atoms with Crippen LogP contribution in [0.1, 0.15) is 29.5 Å². The first-order valence-corrected chi connectivity index (χ1v) is 11.4. The van der Waals surface area contributed by atoms with Crippen LogP contribution < -0.4 is 10.6 Å². The van der Waals surface area contributed by atoms with Crippen LogP contribution in [-0.4, -0.2) is 49.1 Å². The van der Waals surface area contributed by atoms with E-state index in [0.29, 0.717) is 0 Å². The van der Waals surface area contributed by atoms with Crippen LogP contribution in [0.25, 0.3) is 5.69 Å². The second-order valence-electron chi connectivity index (χ2n) is 8.43. The Morgan fingerprint density at radius 2 is 1.82 bits per heavy atom. The molecule has 3 aromatic rings. The van der Waals surface area contributed by atoms with Gasteiger partial charge in [-0.15, -0.1) is 24.0 Å². The van der Waals surface area contributed by atoms with Crippen molar-refractivity contribution in [2.75, 3.05) is 33.4 Å². The number of aryl methyl sites for hydroxylation is 1. The quantitative estimate of drug-likeness (QED) is 0.258. The number of benzene rings is 2. The van der Waals surface area contributed by atoms with E-state index in [-0.39, 0.29) is 29.4 Å². The first kappa shape index (κ1) is 25.2. The lowest BCUT2D eigenvalue weighted by molar-refractivity contribution is 0.0512. The molecule has 33 heavy (non-hydrogen) atoms. The molecule has 1 saturated heterocycles. The van der Waals surface area contributed by atoms with Crippen molar-refractivity contribution < 1.29 is 4.74 Å². The number of hydrogen-bond donors (Lipinski definition) is 2. The zero-order valence-corrected chi connectivity index (χ0v) is 21.8. The molecule has 0 unspecified atom stereocenters. The largest absolute Gasteiger partial charge is 0.381 e. The molecule has 176 valence electrons. The lowest BCUT2D eigenvalue weighted by Crippen LogP contribution is -2.48. The molecule has 2 heterocycles. The third-order valence-corrected chi connectivity index (χ3v) is 6.40. The Morgan fingerprint density at radius 1 is 1.06 bits per heavy atom. The summed E-state index contributed by atoms with van der Waals surface area (Å²) in [5.41, 5.74) is 5.19. The minimum Gasteiger partial charge on any atom is -0.381 e. The lowest BCUT2D eigenvalue weighted by atomic mass is 9.72. The van der Waals surface area contributed by atoms with Gasteiger partial charge < -0.3 is 15.4 Å². The molecular formula is C26H34IN5O. The number of guanidine groups is 1. The van der Waals surface area contributed by atoms with Crippen molar-refractivity contribution in [1.82, 2.24) is 20.4 Å². The van der Waals surface area contributed by atoms with E-state index in [1.807, 2.05) is 24.0 Å². The molecule has 1 aliphatic heterocycles. The van der Waals surface area contributed by atoms with E-state index in [2.05, 4.69) is 76.2 Å². The van der Waals surface area contributed by atoms with Crippen LogP contribution in [0, 0.1) is 6.92 Å². The lowest BCUT2D eigenvalue weighted by Gasteiger charge is -2.39. The highest BCUT2D eigenvalue weighted by atomic mass is 127. The van der Waals surface area contributed by atoms with Crippen molar-refractivity contribution in [3.63, 3.8) is 0 Å². The molecule has 4 rings (SSSR count). The van der Waals surface area contributed by atoms with Crippen molar-refractivity contribution >= 4 is 29.9 Å². The number of aliphatic imine (C=N–C) groups is 1. The fourth-order valence-corrected chi connectivity index (χ4v) is 4.51. The minimum atomic E-state index is 0. The Labute approximate surface area is 213 Å². The van der Waals surface area contributed by atoms with Gasteiger partial charge >= 0.3 is 0 Å². The summed E-state index contributed by atoms with van der Waals surface area (Å²) in [5.74, 6) is 0.845. The van der Waals surface area contributed by atoms with E-state index in [1.165, 1.54) is 16.7 Å². The second-order valence-corrected chi connectivity index (χ2v) is 8.43. The number of nitrogens with zero attached hydrogens (tertiary/aromatic N) is 3. The van der Waals surface area contributed by atoms with Gasteiger partial charge in [-0.05, 0) is 61.1 Å². The molecule has 0 amide bonds. The standard InChI is InChI=1S/C26H33N5O.HI/c1-21-6-3-4-7-24(21)26(13-18-32-19-14-26)20-29-25(27-2)28-16-12-22-8-10-23(11-9-22)31-17-5-15-30-31;/h3-11,15,17H,12-14,16,18-20H2,1-2H3,(H2,27,28,29);1H. The number of rotatable bonds is 7. The number of nitrogens with one attached hydrogen (secondary N) is 2. The summed E-state index contributed by atoms with van der Waals surface area (Å²) in [6.45, 7) is 5.48. The summed E-state index contributed by atoms with van der Waals surface area (Å²) in [5, 5.41) is 11.3. The third kappa shape index (κ3) is 6.35. The summed E-state index contributed by atoms with van der Waals surface area (Å²) in [4.78, 5) is 4.45. The van der Waals surface area contributed by atoms with Crippen LogP contribution in [0.3, 0.4) is 0 Å². The van der Waals surface area contributed by atoms with Crippen molar-refractivity contribution in [3.8, 4) is 5.69 Å². The summed E-state index contributed by atoms with van der Waals surface area (Å²) in [6, 6.07) is 19.2. The first-order chi connectivity index (χ1) is 15.7. The molecule has 0 bridgehead atoms. The smallest absolute Gasteiger partial charge is 0.191 e. The van der Waals surface area contributed by atoms with Crippen molar-refractivity contribution in [2.45, 2.75) is 31.6 Å². The highest BCUT2D eigenvalue weighted by Crippen LogP contribution is 2.36. The van der Waals surface area contributed by atoms with E-state index in [9.17, 15) is 0 Å². The van der Waals surface area contributed by atoms with Crippen LogP contribution in [0.15, 0.2) is 72.0 Å². The molecule has 0 spiro atoms. The van der Waals surface area contributed by atoms with Crippen LogP contribution in [0.5, 0.6) is 0 Å². The van der Waals surface area contributed by atoms with Crippen molar-refractivity contribution in [1.29, 1.82) is 0 Å². The first-order valence-electron chi connectivity index (χ1n) is 11.4. The van der Waals surface area contributed by atoms with Crippen LogP contribution >= 0.6 is 24.0 Å². The average Bonchev–Trinajstić information content (AvgIpc) is 3.38. The monoisotopic (exact) mass is 559 g/mol. The van der Waals surface area contributed by atoms with E-state index in [0.717, 1.165) is 57.2 Å². The molecule has 6 nitrogen and oxygen atoms in total. The number of halogens is 1. The molecule has 2 N–H and O–H groups in total. The SMILES string of the molecule is CN=C(NCCc1ccc(-n2cccn2)cc1)NCC1(c2ccccc2C)CCOCC1.I. The molecule has 1 fully saturated rings. The third-order valence-electron chi connectivity index (χ3n) is 6.40. The van der Waals surface area contributed by atoms with E-state index in [4.69, 9.17) is 4.74 Å². The van der Waals surface area contributed by atoms with Gasteiger partial charge in [-0.2, -0.15) is 5.10 Å². The maximum absolute atomic E-state index is 5.69. The highest BCUT2D eigenvalue weighted by molar-refractivity contribution is 14.0. The zero-order chi connectivity index (χ0) is 22.2. The van der Waals surface area contributed by atoms with Gasteiger partial charge in [0, 0.05) is 51.2 Å². The van der Waals surface area contributed by atoms with Gasteiger partial charge in [0.2, 0.25) is 0 Å². The Balaban J connectivity index is 0.00000306. The summed E-state index contributed by atoms with van der Waals surface area (Å²) >= 11 is 0. The van der Waals surface area contributed by atoms with E-state index < -0.39 is 0 Å².